The molecule has 0 aliphatic carbocycles. The normalized spacial score (nSPS) is 23.6. The molecule has 4 atom stereocenters. The van der Waals surface area contributed by atoms with Crippen molar-refractivity contribution in [1.29, 1.82) is 0 Å². The standard InChI is InChI=1S/C27H31F3N2O6S/c28-27(29,30)26(36)32-10-2-5-22(32)24(35)31-20-4-1-3-19(13-20)25-37-21(16-39-12-11-33)14-23(38-25)18-8-6-17(15-34)7-9-18/h1,3-4,6-9,13,21-23,25,33-34H,2,5,10-12,14-16H2,(H,31,35)/t21-,22-,23+,25+/m0/s1. The van der Waals surface area contributed by atoms with Crippen LogP contribution >= 0.6 is 11.8 Å². The second-order valence-electron chi connectivity index (χ2n) is 9.42. The minimum atomic E-state index is -5.04. The number of nitrogens with zero attached hydrogens (tertiary/aromatic N) is 1. The summed E-state index contributed by atoms with van der Waals surface area (Å²) < 4.78 is 51.4. The second kappa shape index (κ2) is 13.1. The van der Waals surface area contributed by atoms with E-state index in [1.807, 2.05) is 24.3 Å². The van der Waals surface area contributed by atoms with Gasteiger partial charge in [0.05, 0.1) is 25.4 Å². The van der Waals surface area contributed by atoms with E-state index in [0.717, 1.165) is 11.1 Å². The van der Waals surface area contributed by atoms with Crippen molar-refractivity contribution < 1.29 is 42.4 Å². The molecule has 0 unspecified atom stereocenters. The molecule has 0 spiro atoms. The van der Waals surface area contributed by atoms with Crippen molar-refractivity contribution in [2.75, 3.05) is 30.0 Å². The Morgan fingerprint density at radius 3 is 2.54 bits per heavy atom. The lowest BCUT2D eigenvalue weighted by Crippen LogP contribution is -2.48. The lowest BCUT2D eigenvalue weighted by atomic mass is 10.0. The Labute approximate surface area is 228 Å². The Bertz CT molecular complexity index is 1130. The minimum absolute atomic E-state index is 0.0537. The molecule has 4 rings (SSSR count). The number of hydrogen-bond acceptors (Lipinski definition) is 7. The lowest BCUT2D eigenvalue weighted by molar-refractivity contribution is -0.245. The molecule has 39 heavy (non-hydrogen) atoms. The predicted molar refractivity (Wildman–Crippen MR) is 139 cm³/mol. The first-order valence-electron chi connectivity index (χ1n) is 12.7. The summed E-state index contributed by atoms with van der Waals surface area (Å²) in [6, 6.07) is 12.9. The largest absolute Gasteiger partial charge is 0.471 e. The van der Waals surface area contributed by atoms with Gasteiger partial charge in [-0.3, -0.25) is 9.59 Å². The molecular formula is C27H31F3N2O6S. The van der Waals surface area contributed by atoms with Crippen molar-refractivity contribution in [2.45, 2.75) is 56.6 Å². The Morgan fingerprint density at radius 1 is 1.08 bits per heavy atom. The predicted octanol–water partition coefficient (Wildman–Crippen LogP) is 3.94. The van der Waals surface area contributed by atoms with E-state index in [1.165, 1.54) is 0 Å². The number of hydrogen-bond donors (Lipinski definition) is 3. The highest BCUT2D eigenvalue weighted by molar-refractivity contribution is 7.99. The van der Waals surface area contributed by atoms with Gasteiger partial charge in [-0.1, -0.05) is 36.4 Å². The quantitative estimate of drug-likeness (QED) is 0.394. The highest BCUT2D eigenvalue weighted by atomic mass is 32.2. The SMILES string of the molecule is O=C(Nc1cccc([C@@H]2O[C@H](CSCCO)C[C@H](c3ccc(CO)cc3)O2)c1)[C@@H]1CCCN1C(=O)C(F)(F)F. The molecule has 0 aromatic heterocycles. The van der Waals surface area contributed by atoms with Crippen LogP contribution in [0.25, 0.3) is 0 Å². The van der Waals surface area contributed by atoms with E-state index in [0.29, 0.717) is 40.5 Å². The molecule has 2 fully saturated rings. The molecule has 2 aromatic rings. The zero-order chi connectivity index (χ0) is 28.0. The van der Waals surface area contributed by atoms with E-state index < -0.39 is 30.3 Å². The Kier molecular flexibility index (Phi) is 9.89. The fourth-order valence-corrected chi connectivity index (χ4v) is 5.51. The molecule has 2 aromatic carbocycles. The Morgan fingerprint density at radius 2 is 1.85 bits per heavy atom. The highest BCUT2D eigenvalue weighted by Gasteiger charge is 2.47. The number of thioether (sulfide) groups is 1. The van der Waals surface area contributed by atoms with Crippen LogP contribution in [0.1, 0.15) is 48.3 Å². The van der Waals surface area contributed by atoms with Gasteiger partial charge in [-0.2, -0.15) is 24.9 Å². The second-order valence-corrected chi connectivity index (χ2v) is 10.6. The average Bonchev–Trinajstić information content (AvgIpc) is 3.42. The number of carbonyl (C=O) groups is 2. The molecule has 212 valence electrons. The highest BCUT2D eigenvalue weighted by Crippen LogP contribution is 2.39. The maximum absolute atomic E-state index is 13.0. The fourth-order valence-electron chi connectivity index (χ4n) is 4.74. The molecule has 2 amide bonds. The number of alkyl halides is 3. The molecule has 2 saturated heterocycles. The van der Waals surface area contributed by atoms with E-state index in [1.54, 1.807) is 36.0 Å². The number of benzene rings is 2. The van der Waals surface area contributed by atoms with E-state index in [2.05, 4.69) is 5.32 Å². The summed E-state index contributed by atoms with van der Waals surface area (Å²) in [6.07, 6.45) is -5.30. The van der Waals surface area contributed by atoms with Gasteiger partial charge in [0.25, 0.3) is 0 Å². The third-order valence-corrected chi connectivity index (χ3v) is 7.72. The van der Waals surface area contributed by atoms with Gasteiger partial charge in [-0.15, -0.1) is 0 Å². The molecule has 12 heteroatoms. The van der Waals surface area contributed by atoms with E-state index >= 15 is 0 Å². The minimum Gasteiger partial charge on any atom is -0.396 e. The maximum atomic E-state index is 13.0. The summed E-state index contributed by atoms with van der Waals surface area (Å²) in [5.41, 5.74) is 2.64. The maximum Gasteiger partial charge on any atom is 0.471 e. The zero-order valence-electron chi connectivity index (χ0n) is 21.1. The smallest absolute Gasteiger partial charge is 0.396 e. The summed E-state index contributed by atoms with van der Waals surface area (Å²) in [4.78, 5) is 25.2. The van der Waals surface area contributed by atoms with E-state index in [4.69, 9.17) is 14.6 Å². The first-order chi connectivity index (χ1) is 18.7. The van der Waals surface area contributed by atoms with Gasteiger partial charge in [0.15, 0.2) is 6.29 Å². The van der Waals surface area contributed by atoms with Gasteiger partial charge in [0.1, 0.15) is 6.04 Å². The third-order valence-electron chi connectivity index (χ3n) is 6.64. The number of nitrogens with one attached hydrogen (secondary N) is 1. The first-order valence-corrected chi connectivity index (χ1v) is 13.8. The van der Waals surface area contributed by atoms with Gasteiger partial charge >= 0.3 is 12.1 Å². The van der Waals surface area contributed by atoms with Crippen LogP contribution in [0.5, 0.6) is 0 Å². The summed E-state index contributed by atoms with van der Waals surface area (Å²) in [5, 5.41) is 21.1. The van der Waals surface area contributed by atoms with Crippen LogP contribution in [0, 0.1) is 0 Å². The molecule has 2 aliphatic rings. The van der Waals surface area contributed by atoms with Crippen LogP contribution in [-0.4, -0.2) is 69.9 Å². The van der Waals surface area contributed by atoms with Crippen LogP contribution in [0.3, 0.4) is 0 Å². The monoisotopic (exact) mass is 568 g/mol. The van der Waals surface area contributed by atoms with Crippen LogP contribution in [0.2, 0.25) is 0 Å². The van der Waals surface area contributed by atoms with Gasteiger partial charge in [-0.25, -0.2) is 0 Å². The number of aliphatic hydroxyl groups excluding tert-OH is 2. The van der Waals surface area contributed by atoms with Crippen molar-refractivity contribution in [3.05, 3.63) is 65.2 Å². The lowest BCUT2D eigenvalue weighted by Gasteiger charge is -2.36. The average molecular weight is 569 g/mol. The zero-order valence-corrected chi connectivity index (χ0v) is 21.9. The number of rotatable bonds is 9. The van der Waals surface area contributed by atoms with Crippen molar-refractivity contribution in [2.24, 2.45) is 0 Å². The third kappa shape index (κ3) is 7.52. The summed E-state index contributed by atoms with van der Waals surface area (Å²) in [7, 11) is 0. The number of amides is 2. The number of halogens is 3. The van der Waals surface area contributed by atoms with Crippen molar-refractivity contribution >= 4 is 29.3 Å². The number of aliphatic hydroxyl groups is 2. The van der Waals surface area contributed by atoms with Crippen LogP contribution in [0.4, 0.5) is 18.9 Å². The number of anilines is 1. The molecule has 2 aliphatic heterocycles. The van der Waals surface area contributed by atoms with Crippen molar-refractivity contribution in [1.82, 2.24) is 4.90 Å². The number of carbonyl (C=O) groups excluding carboxylic acids is 2. The fraction of sp³-hybridized carbons (Fsp3) is 0.481. The van der Waals surface area contributed by atoms with Gasteiger partial charge in [-0.05, 0) is 36.1 Å². The topological polar surface area (TPSA) is 108 Å². The Balaban J connectivity index is 1.49. The van der Waals surface area contributed by atoms with Crippen LogP contribution in [-0.2, 0) is 25.7 Å². The van der Waals surface area contributed by atoms with Crippen molar-refractivity contribution in [3.63, 3.8) is 0 Å². The molecule has 2 heterocycles. The molecule has 0 bridgehead atoms. The van der Waals surface area contributed by atoms with Crippen LogP contribution in [0.15, 0.2) is 48.5 Å². The number of ether oxygens (including phenoxy) is 2. The molecular weight excluding hydrogens is 537 g/mol. The molecule has 3 N–H and O–H groups in total. The van der Waals surface area contributed by atoms with Gasteiger partial charge < -0.3 is 29.9 Å². The number of likely N-dealkylation sites (tertiary alicyclic amines) is 1. The van der Waals surface area contributed by atoms with Crippen LogP contribution < -0.4 is 5.32 Å². The van der Waals surface area contributed by atoms with E-state index in [-0.39, 0.29) is 38.4 Å². The summed E-state index contributed by atoms with van der Waals surface area (Å²) in [6.45, 7) is -0.145. The Hall–Kier alpha value is -2.64. The summed E-state index contributed by atoms with van der Waals surface area (Å²) in [5.74, 6) is -1.50. The first kappa shape index (κ1) is 29.3. The molecule has 8 nitrogen and oxygen atoms in total. The van der Waals surface area contributed by atoms with Gasteiger partial charge in [0.2, 0.25) is 5.91 Å². The molecule has 0 saturated carbocycles. The molecule has 0 radical (unpaired) electrons. The van der Waals surface area contributed by atoms with Gasteiger partial charge in [0, 0.05) is 35.7 Å². The van der Waals surface area contributed by atoms with E-state index in [9.17, 15) is 27.9 Å². The summed E-state index contributed by atoms with van der Waals surface area (Å²) >= 11 is 1.56. The van der Waals surface area contributed by atoms with Crippen molar-refractivity contribution in [3.8, 4) is 0 Å².